The van der Waals surface area contributed by atoms with Crippen LogP contribution in [0.3, 0.4) is 0 Å². The highest BCUT2D eigenvalue weighted by Crippen LogP contribution is 2.31. The molecule has 1 heterocycles. The monoisotopic (exact) mass is 300 g/mol. The number of hydrogen-bond acceptors (Lipinski definition) is 3. The molecule has 0 saturated heterocycles. The Bertz CT molecular complexity index is 478. The zero-order valence-corrected chi connectivity index (χ0v) is 10.7. The molecular weight excluding hydrogens is 296 g/mol. The lowest BCUT2D eigenvalue weighted by Gasteiger charge is -2.02. The Kier molecular flexibility index (Phi) is 3.61. The van der Waals surface area contributed by atoms with Crippen molar-refractivity contribution in [3.8, 4) is 0 Å². The molecule has 15 heavy (non-hydrogen) atoms. The Hall–Kier alpha value is -0.580. The molecule has 0 aliphatic rings. The Morgan fingerprint density at radius 1 is 1.33 bits per heavy atom. The summed E-state index contributed by atoms with van der Waals surface area (Å²) in [6.45, 7) is 0. The Balaban J connectivity index is 2.26. The Labute approximate surface area is 105 Å². The van der Waals surface area contributed by atoms with E-state index >= 15 is 0 Å². The maximum atomic E-state index is 5.96. The first kappa shape index (κ1) is 10.9. The second-order valence-corrected chi connectivity index (χ2v) is 5.12. The van der Waals surface area contributed by atoms with E-state index < -0.39 is 0 Å². The summed E-state index contributed by atoms with van der Waals surface area (Å²) >= 11 is 10.9. The number of hydrogen-bond donors (Lipinski definition) is 0. The quantitative estimate of drug-likeness (QED) is 0.783. The van der Waals surface area contributed by atoms with Crippen molar-refractivity contribution in [2.45, 2.75) is 9.92 Å². The second-order valence-electron chi connectivity index (χ2n) is 2.74. The minimum atomic E-state index is 0.572. The van der Waals surface area contributed by atoms with E-state index in [-0.39, 0.29) is 0 Å². The van der Waals surface area contributed by atoms with E-state index in [0.29, 0.717) is 5.02 Å². The van der Waals surface area contributed by atoms with Crippen LogP contribution in [0.2, 0.25) is 5.02 Å². The van der Waals surface area contributed by atoms with Crippen molar-refractivity contribution in [2.75, 3.05) is 0 Å². The van der Waals surface area contributed by atoms with Crippen molar-refractivity contribution in [2.24, 2.45) is 0 Å². The molecule has 2 rings (SSSR count). The van der Waals surface area contributed by atoms with Gasteiger partial charge in [-0.05, 0) is 18.2 Å². The number of nitrogens with zero attached hydrogens (tertiary/aromatic N) is 2. The molecule has 2 nitrogen and oxygen atoms in total. The maximum absolute atomic E-state index is 5.96. The van der Waals surface area contributed by atoms with Crippen molar-refractivity contribution in [1.29, 1.82) is 0 Å². The number of rotatable bonds is 2. The number of aromatic nitrogens is 2. The Morgan fingerprint density at radius 2 is 2.20 bits per heavy atom. The Morgan fingerprint density at radius 3 is 2.93 bits per heavy atom. The molecule has 76 valence electrons. The van der Waals surface area contributed by atoms with Crippen molar-refractivity contribution < 1.29 is 0 Å². The molecule has 0 fully saturated rings. The smallest absolute Gasteiger partial charge is 0.123 e. The average Bonchev–Trinajstić information content (AvgIpc) is 2.22. The van der Waals surface area contributed by atoms with Crippen molar-refractivity contribution in [3.05, 3.63) is 46.3 Å². The lowest BCUT2D eigenvalue weighted by Crippen LogP contribution is -1.83. The minimum Gasteiger partial charge on any atom is -0.243 e. The van der Waals surface area contributed by atoms with E-state index in [2.05, 4.69) is 25.9 Å². The fourth-order valence-corrected chi connectivity index (χ4v) is 2.60. The van der Waals surface area contributed by atoms with Crippen LogP contribution in [0.15, 0.2) is 51.2 Å². The first-order valence-electron chi connectivity index (χ1n) is 4.14. The molecule has 0 aliphatic heterocycles. The van der Waals surface area contributed by atoms with Crippen LogP contribution in [-0.2, 0) is 0 Å². The third-order valence-electron chi connectivity index (χ3n) is 1.64. The molecule has 0 unspecified atom stereocenters. The highest BCUT2D eigenvalue weighted by Gasteiger charge is 2.03. The summed E-state index contributed by atoms with van der Waals surface area (Å²) in [7, 11) is 0. The molecule has 1 aromatic carbocycles. The lowest BCUT2D eigenvalue weighted by atomic mass is 10.4. The van der Waals surface area contributed by atoms with Gasteiger partial charge in [0.15, 0.2) is 0 Å². The van der Waals surface area contributed by atoms with Gasteiger partial charge in [-0.15, -0.1) is 0 Å². The predicted octanol–water partition coefficient (Wildman–Crippen LogP) is 4.04. The SMILES string of the molecule is Clc1cncnc1Sc1cccc(Br)c1. The van der Waals surface area contributed by atoms with Gasteiger partial charge in [0, 0.05) is 9.37 Å². The van der Waals surface area contributed by atoms with E-state index in [9.17, 15) is 0 Å². The van der Waals surface area contributed by atoms with Crippen LogP contribution in [0.4, 0.5) is 0 Å². The van der Waals surface area contributed by atoms with Crippen LogP contribution in [0.5, 0.6) is 0 Å². The highest BCUT2D eigenvalue weighted by atomic mass is 79.9. The molecule has 5 heteroatoms. The fourth-order valence-electron chi connectivity index (χ4n) is 1.02. The van der Waals surface area contributed by atoms with E-state index in [1.54, 1.807) is 6.20 Å². The van der Waals surface area contributed by atoms with Crippen LogP contribution in [0.1, 0.15) is 0 Å². The standard InChI is InChI=1S/C10H6BrClN2S/c11-7-2-1-3-8(4-7)15-10-9(12)5-13-6-14-10/h1-6H. The van der Waals surface area contributed by atoms with Gasteiger partial charge in [0.05, 0.1) is 11.2 Å². The summed E-state index contributed by atoms with van der Waals surface area (Å²) in [6, 6.07) is 7.98. The largest absolute Gasteiger partial charge is 0.243 e. The molecule has 0 aliphatic carbocycles. The van der Waals surface area contributed by atoms with Crippen LogP contribution >= 0.6 is 39.3 Å². The van der Waals surface area contributed by atoms with E-state index in [4.69, 9.17) is 11.6 Å². The van der Waals surface area contributed by atoms with E-state index in [0.717, 1.165) is 14.4 Å². The topological polar surface area (TPSA) is 25.8 Å². The molecule has 1 aromatic heterocycles. The normalized spacial score (nSPS) is 10.3. The number of benzene rings is 1. The van der Waals surface area contributed by atoms with Crippen LogP contribution < -0.4 is 0 Å². The van der Waals surface area contributed by atoms with Crippen molar-refractivity contribution in [1.82, 2.24) is 9.97 Å². The molecule has 0 N–H and O–H groups in total. The third kappa shape index (κ3) is 2.93. The summed E-state index contributed by atoms with van der Waals surface area (Å²) in [5.74, 6) is 0. The second kappa shape index (κ2) is 4.96. The van der Waals surface area contributed by atoms with E-state index in [1.165, 1.54) is 18.1 Å². The van der Waals surface area contributed by atoms with Gasteiger partial charge in [-0.2, -0.15) is 0 Å². The number of halogens is 2. The zero-order valence-electron chi connectivity index (χ0n) is 7.52. The average molecular weight is 302 g/mol. The molecule has 0 bridgehead atoms. The van der Waals surface area contributed by atoms with Gasteiger partial charge < -0.3 is 0 Å². The minimum absolute atomic E-state index is 0.572. The van der Waals surface area contributed by atoms with Gasteiger partial charge in [-0.25, -0.2) is 9.97 Å². The van der Waals surface area contributed by atoms with Gasteiger partial charge in [0.1, 0.15) is 11.4 Å². The molecule has 2 aromatic rings. The predicted molar refractivity (Wildman–Crippen MR) is 65.3 cm³/mol. The summed E-state index contributed by atoms with van der Waals surface area (Å²) in [5, 5.41) is 1.34. The van der Waals surface area contributed by atoms with Crippen LogP contribution in [0.25, 0.3) is 0 Å². The summed E-state index contributed by atoms with van der Waals surface area (Å²) in [5.41, 5.74) is 0. The summed E-state index contributed by atoms with van der Waals surface area (Å²) < 4.78 is 1.04. The van der Waals surface area contributed by atoms with Crippen molar-refractivity contribution >= 4 is 39.3 Å². The third-order valence-corrected chi connectivity index (χ3v) is 3.53. The molecule has 0 atom stereocenters. The first-order valence-corrected chi connectivity index (χ1v) is 6.13. The zero-order chi connectivity index (χ0) is 10.7. The summed E-state index contributed by atoms with van der Waals surface area (Å²) in [4.78, 5) is 9.03. The molecule has 0 spiro atoms. The van der Waals surface area contributed by atoms with Gasteiger partial charge >= 0.3 is 0 Å². The fraction of sp³-hybridized carbons (Fsp3) is 0. The van der Waals surface area contributed by atoms with Crippen LogP contribution in [-0.4, -0.2) is 9.97 Å². The van der Waals surface area contributed by atoms with Gasteiger partial charge in [-0.1, -0.05) is 45.4 Å². The van der Waals surface area contributed by atoms with Crippen molar-refractivity contribution in [3.63, 3.8) is 0 Å². The van der Waals surface area contributed by atoms with Gasteiger partial charge in [-0.3, -0.25) is 0 Å². The summed E-state index contributed by atoms with van der Waals surface area (Å²) in [6.07, 6.45) is 3.08. The molecule has 0 radical (unpaired) electrons. The van der Waals surface area contributed by atoms with Gasteiger partial charge in [0.25, 0.3) is 0 Å². The lowest BCUT2D eigenvalue weighted by molar-refractivity contribution is 1.05. The van der Waals surface area contributed by atoms with Crippen LogP contribution in [0, 0.1) is 0 Å². The molecule has 0 amide bonds. The highest BCUT2D eigenvalue weighted by molar-refractivity contribution is 9.10. The van der Waals surface area contributed by atoms with E-state index in [1.807, 2.05) is 24.3 Å². The first-order chi connectivity index (χ1) is 7.25. The maximum Gasteiger partial charge on any atom is 0.123 e. The molecule has 0 saturated carbocycles. The molecular formula is C10H6BrClN2S. The van der Waals surface area contributed by atoms with Gasteiger partial charge in [0.2, 0.25) is 0 Å².